The maximum atomic E-state index is 12.6. The Hall–Kier alpha value is -3.67. The average Bonchev–Trinajstić information content (AvgIpc) is 3.27. The molecule has 0 spiro atoms. The first-order chi connectivity index (χ1) is 12.0. The second-order valence-electron chi connectivity index (χ2n) is 5.22. The quantitative estimate of drug-likeness (QED) is 0.714. The minimum absolute atomic E-state index is 0.0604. The second kappa shape index (κ2) is 6.45. The van der Waals surface area contributed by atoms with E-state index in [-0.39, 0.29) is 17.0 Å². The highest BCUT2D eigenvalue weighted by Gasteiger charge is 2.21. The van der Waals surface area contributed by atoms with Crippen LogP contribution >= 0.6 is 0 Å². The molecule has 0 bridgehead atoms. The Morgan fingerprint density at radius 2 is 2.32 bits per heavy atom. The predicted molar refractivity (Wildman–Crippen MR) is 86.4 cm³/mol. The zero-order valence-electron chi connectivity index (χ0n) is 13.3. The summed E-state index contributed by atoms with van der Waals surface area (Å²) in [4.78, 5) is 32.4. The van der Waals surface area contributed by atoms with E-state index in [1.54, 1.807) is 19.1 Å². The summed E-state index contributed by atoms with van der Waals surface area (Å²) in [6.07, 6.45) is 3.21. The van der Waals surface area contributed by atoms with Crippen LogP contribution in [-0.4, -0.2) is 32.2 Å². The third-order valence-corrected chi connectivity index (χ3v) is 3.61. The van der Waals surface area contributed by atoms with Crippen LogP contribution in [0.25, 0.3) is 17.1 Å². The highest BCUT2D eigenvalue weighted by atomic mass is 16.3. The molecule has 0 aliphatic carbocycles. The molecule has 2 amide bonds. The Kier molecular flexibility index (Phi) is 4.18. The van der Waals surface area contributed by atoms with Crippen LogP contribution < -0.4 is 11.1 Å². The van der Waals surface area contributed by atoms with Gasteiger partial charge in [0, 0.05) is 0 Å². The average molecular weight is 338 g/mol. The number of nitrogens with one attached hydrogen (secondary N) is 1. The summed E-state index contributed by atoms with van der Waals surface area (Å²) >= 11 is 0. The minimum atomic E-state index is -0.763. The van der Waals surface area contributed by atoms with Gasteiger partial charge in [-0.3, -0.25) is 14.0 Å². The van der Waals surface area contributed by atoms with Crippen LogP contribution in [0.2, 0.25) is 0 Å². The maximum Gasteiger partial charge on any atom is 0.271 e. The van der Waals surface area contributed by atoms with E-state index in [0.29, 0.717) is 17.9 Å². The molecule has 0 saturated heterocycles. The number of nitrogens with two attached hydrogens (primary N) is 1. The normalized spacial score (nSPS) is 11.8. The van der Waals surface area contributed by atoms with Crippen LogP contribution in [-0.2, 0) is 0 Å². The van der Waals surface area contributed by atoms with Crippen LogP contribution in [0.15, 0.2) is 35.2 Å². The van der Waals surface area contributed by atoms with Crippen molar-refractivity contribution in [2.45, 2.75) is 19.4 Å². The van der Waals surface area contributed by atoms with Crippen molar-refractivity contribution in [2.75, 3.05) is 0 Å². The number of imidazole rings is 1. The first-order valence-electron chi connectivity index (χ1n) is 7.47. The molecule has 126 valence electrons. The highest BCUT2D eigenvalue weighted by Crippen LogP contribution is 2.21. The molecule has 3 heterocycles. The van der Waals surface area contributed by atoms with Crippen LogP contribution in [0.1, 0.15) is 34.3 Å². The largest absolute Gasteiger partial charge is 0.463 e. The molecule has 0 radical (unpaired) electrons. The molecule has 25 heavy (non-hydrogen) atoms. The summed E-state index contributed by atoms with van der Waals surface area (Å²) in [6.45, 7) is 1.78. The van der Waals surface area contributed by atoms with Crippen molar-refractivity contribution < 1.29 is 14.0 Å². The smallest absolute Gasteiger partial charge is 0.271 e. The topological polar surface area (TPSA) is 139 Å². The van der Waals surface area contributed by atoms with Crippen LogP contribution in [0.5, 0.6) is 0 Å². The molecular formula is C16H14N6O3. The molecule has 0 saturated carbocycles. The van der Waals surface area contributed by atoms with Crippen molar-refractivity contribution in [1.29, 1.82) is 5.26 Å². The second-order valence-corrected chi connectivity index (χ2v) is 5.22. The van der Waals surface area contributed by atoms with Gasteiger partial charge in [0.05, 0.1) is 12.3 Å². The lowest BCUT2D eigenvalue weighted by atomic mass is 10.2. The zero-order valence-corrected chi connectivity index (χ0v) is 13.3. The Bertz CT molecular complexity index is 983. The van der Waals surface area contributed by atoms with Crippen molar-refractivity contribution >= 4 is 17.5 Å². The number of nitrogens with zero attached hydrogens (tertiary/aromatic N) is 4. The number of amides is 2. The van der Waals surface area contributed by atoms with E-state index >= 15 is 0 Å². The van der Waals surface area contributed by atoms with Crippen LogP contribution in [0, 0.1) is 11.3 Å². The standard InChI is InChI=1S/C16H14N6O3/c1-2-9(7-17)20-16(24)11-6-10(12-4-3-5-25-12)21-15-13(14(18)23)19-8-22(11)15/h3-6,8-9H,2H2,1H3,(H2,18,23)(H,20,24). The summed E-state index contributed by atoms with van der Waals surface area (Å²) < 4.78 is 6.66. The number of aromatic nitrogens is 3. The molecule has 3 aromatic heterocycles. The lowest BCUT2D eigenvalue weighted by Gasteiger charge is -2.11. The van der Waals surface area contributed by atoms with E-state index in [4.69, 9.17) is 15.4 Å². The number of carbonyl (C=O) groups is 2. The number of nitriles is 1. The van der Waals surface area contributed by atoms with Gasteiger partial charge in [-0.05, 0) is 24.6 Å². The van der Waals surface area contributed by atoms with E-state index in [2.05, 4.69) is 15.3 Å². The molecule has 0 aliphatic heterocycles. The Labute approximate surface area is 142 Å². The van der Waals surface area contributed by atoms with Gasteiger partial charge in [-0.25, -0.2) is 9.97 Å². The zero-order chi connectivity index (χ0) is 18.0. The lowest BCUT2D eigenvalue weighted by molar-refractivity contribution is 0.0936. The van der Waals surface area contributed by atoms with Gasteiger partial charge in [-0.15, -0.1) is 0 Å². The molecule has 0 aliphatic rings. The van der Waals surface area contributed by atoms with Gasteiger partial charge in [-0.2, -0.15) is 5.26 Å². The van der Waals surface area contributed by atoms with Crippen molar-refractivity contribution in [1.82, 2.24) is 19.7 Å². The molecule has 1 atom stereocenters. The summed E-state index contributed by atoms with van der Waals surface area (Å²) in [5, 5.41) is 11.7. The molecule has 3 rings (SSSR count). The van der Waals surface area contributed by atoms with Gasteiger partial charge in [0.1, 0.15) is 23.8 Å². The molecule has 9 nitrogen and oxygen atoms in total. The Morgan fingerprint density at radius 1 is 1.52 bits per heavy atom. The number of furan rings is 1. The summed E-state index contributed by atoms with van der Waals surface area (Å²) in [5.74, 6) is -0.844. The van der Waals surface area contributed by atoms with Gasteiger partial charge in [0.2, 0.25) is 0 Å². The van der Waals surface area contributed by atoms with Crippen molar-refractivity contribution in [2.24, 2.45) is 5.73 Å². The van der Waals surface area contributed by atoms with Crippen molar-refractivity contribution in [3.8, 4) is 17.5 Å². The number of fused-ring (bicyclic) bond motifs is 1. The van der Waals surface area contributed by atoms with Gasteiger partial charge in [-0.1, -0.05) is 6.92 Å². The van der Waals surface area contributed by atoms with Gasteiger partial charge in [0.25, 0.3) is 11.8 Å². The van der Waals surface area contributed by atoms with Gasteiger partial charge < -0.3 is 15.5 Å². The molecule has 3 aromatic rings. The van der Waals surface area contributed by atoms with E-state index in [0.717, 1.165) is 0 Å². The number of hydrogen-bond donors (Lipinski definition) is 2. The minimum Gasteiger partial charge on any atom is -0.463 e. The predicted octanol–water partition coefficient (Wildman–Crippen LogP) is 1.12. The van der Waals surface area contributed by atoms with Crippen LogP contribution in [0.4, 0.5) is 0 Å². The SMILES string of the molecule is CCC(C#N)NC(=O)c1cc(-c2ccco2)nc2c(C(N)=O)ncn12. The fraction of sp³-hybridized carbons (Fsp3) is 0.188. The summed E-state index contributed by atoms with van der Waals surface area (Å²) in [7, 11) is 0. The van der Waals surface area contributed by atoms with E-state index in [1.165, 1.54) is 23.1 Å². The number of hydrogen-bond acceptors (Lipinski definition) is 6. The fourth-order valence-electron chi connectivity index (χ4n) is 2.33. The first-order valence-corrected chi connectivity index (χ1v) is 7.47. The third-order valence-electron chi connectivity index (χ3n) is 3.61. The molecule has 0 aromatic carbocycles. The van der Waals surface area contributed by atoms with E-state index in [1.807, 2.05) is 6.07 Å². The van der Waals surface area contributed by atoms with E-state index in [9.17, 15) is 9.59 Å². The summed E-state index contributed by atoms with van der Waals surface area (Å²) in [5.41, 5.74) is 5.90. The monoisotopic (exact) mass is 338 g/mol. The summed E-state index contributed by atoms with van der Waals surface area (Å²) in [6, 6.07) is 6.21. The lowest BCUT2D eigenvalue weighted by Crippen LogP contribution is -2.34. The number of primary amides is 1. The Morgan fingerprint density at radius 3 is 2.92 bits per heavy atom. The van der Waals surface area contributed by atoms with Gasteiger partial charge in [0.15, 0.2) is 17.1 Å². The van der Waals surface area contributed by atoms with Crippen LogP contribution in [0.3, 0.4) is 0 Å². The Balaban J connectivity index is 2.18. The first kappa shape index (κ1) is 16.2. The van der Waals surface area contributed by atoms with Gasteiger partial charge >= 0.3 is 0 Å². The molecule has 0 fully saturated rings. The molecule has 3 N–H and O–H groups in total. The highest BCUT2D eigenvalue weighted by molar-refractivity contribution is 5.99. The number of carbonyl (C=O) groups excluding carboxylic acids is 2. The molecular weight excluding hydrogens is 324 g/mol. The van der Waals surface area contributed by atoms with Crippen molar-refractivity contribution in [3.05, 3.63) is 42.2 Å². The fourth-order valence-corrected chi connectivity index (χ4v) is 2.33. The molecule has 9 heteroatoms. The van der Waals surface area contributed by atoms with Crippen molar-refractivity contribution in [3.63, 3.8) is 0 Å². The van der Waals surface area contributed by atoms with E-state index < -0.39 is 17.9 Å². The number of rotatable bonds is 5. The maximum absolute atomic E-state index is 12.6. The third kappa shape index (κ3) is 2.92. The molecule has 1 unspecified atom stereocenters.